The molecular formula is C13H13Cl2NS. The van der Waals surface area contributed by atoms with Crippen molar-refractivity contribution in [1.29, 1.82) is 0 Å². The zero-order chi connectivity index (χ0) is 12.3. The highest BCUT2D eigenvalue weighted by Gasteiger charge is 2.11. The standard InChI is InChI=1S/C13H13Cl2NS/c14-10-2-3-12(15)11(7-10)13(16)4-1-9-5-6-17-8-9/h2-3,5-8,13H,1,4,16H2. The lowest BCUT2D eigenvalue weighted by molar-refractivity contribution is 0.652. The predicted molar refractivity (Wildman–Crippen MR) is 76.0 cm³/mol. The zero-order valence-electron chi connectivity index (χ0n) is 9.20. The molecule has 1 aromatic carbocycles. The Morgan fingerprint density at radius 1 is 1.24 bits per heavy atom. The first-order chi connectivity index (χ1) is 8.16. The van der Waals surface area contributed by atoms with Gasteiger partial charge in [0.05, 0.1) is 0 Å². The molecule has 0 bridgehead atoms. The van der Waals surface area contributed by atoms with E-state index in [1.807, 2.05) is 6.07 Å². The molecule has 0 saturated heterocycles. The number of thiophene rings is 1. The van der Waals surface area contributed by atoms with Gasteiger partial charge in [-0.05, 0) is 59.0 Å². The topological polar surface area (TPSA) is 26.0 Å². The summed E-state index contributed by atoms with van der Waals surface area (Å²) in [5.74, 6) is 0. The Morgan fingerprint density at radius 3 is 2.76 bits per heavy atom. The minimum atomic E-state index is -0.0684. The Hall–Kier alpha value is -0.540. The van der Waals surface area contributed by atoms with Crippen molar-refractivity contribution in [3.63, 3.8) is 0 Å². The zero-order valence-corrected chi connectivity index (χ0v) is 11.5. The highest BCUT2D eigenvalue weighted by molar-refractivity contribution is 7.07. The molecule has 1 heterocycles. The van der Waals surface area contributed by atoms with Crippen LogP contribution in [0.15, 0.2) is 35.0 Å². The number of halogens is 2. The second kappa shape index (κ2) is 5.87. The molecule has 0 amide bonds. The van der Waals surface area contributed by atoms with E-state index in [-0.39, 0.29) is 6.04 Å². The quantitative estimate of drug-likeness (QED) is 0.867. The average Bonchev–Trinajstić information content (AvgIpc) is 2.82. The van der Waals surface area contributed by atoms with Gasteiger partial charge in [0, 0.05) is 16.1 Å². The van der Waals surface area contributed by atoms with Crippen LogP contribution in [0.5, 0.6) is 0 Å². The molecule has 1 aromatic heterocycles. The molecule has 4 heteroatoms. The smallest absolute Gasteiger partial charge is 0.0454 e. The summed E-state index contributed by atoms with van der Waals surface area (Å²) >= 11 is 13.8. The maximum absolute atomic E-state index is 6.14. The maximum Gasteiger partial charge on any atom is 0.0454 e. The molecule has 0 aliphatic heterocycles. The molecule has 0 aliphatic carbocycles. The van der Waals surface area contributed by atoms with Crippen LogP contribution in [0, 0.1) is 0 Å². The van der Waals surface area contributed by atoms with Gasteiger partial charge in [-0.1, -0.05) is 23.2 Å². The molecule has 2 rings (SSSR count). The first-order valence-electron chi connectivity index (χ1n) is 5.38. The summed E-state index contributed by atoms with van der Waals surface area (Å²) in [6, 6.07) is 7.48. The van der Waals surface area contributed by atoms with Gasteiger partial charge >= 0.3 is 0 Å². The van der Waals surface area contributed by atoms with E-state index in [0.717, 1.165) is 18.4 Å². The Kier molecular flexibility index (Phi) is 4.46. The second-order valence-corrected chi connectivity index (χ2v) is 5.57. The number of benzene rings is 1. The van der Waals surface area contributed by atoms with Gasteiger partial charge in [-0.3, -0.25) is 0 Å². The van der Waals surface area contributed by atoms with E-state index in [9.17, 15) is 0 Å². The molecule has 0 spiro atoms. The molecule has 2 N–H and O–H groups in total. The summed E-state index contributed by atoms with van der Waals surface area (Å²) in [5, 5.41) is 5.59. The van der Waals surface area contributed by atoms with Crippen molar-refractivity contribution in [1.82, 2.24) is 0 Å². The lowest BCUT2D eigenvalue weighted by Gasteiger charge is -2.13. The van der Waals surface area contributed by atoms with E-state index < -0.39 is 0 Å². The fraction of sp³-hybridized carbons (Fsp3) is 0.231. The van der Waals surface area contributed by atoms with Crippen LogP contribution >= 0.6 is 34.5 Å². The highest BCUT2D eigenvalue weighted by Crippen LogP contribution is 2.27. The van der Waals surface area contributed by atoms with E-state index in [4.69, 9.17) is 28.9 Å². The van der Waals surface area contributed by atoms with Crippen molar-refractivity contribution in [3.05, 3.63) is 56.2 Å². The van der Waals surface area contributed by atoms with Crippen LogP contribution in [-0.2, 0) is 6.42 Å². The van der Waals surface area contributed by atoms with E-state index in [2.05, 4.69) is 16.8 Å². The summed E-state index contributed by atoms with van der Waals surface area (Å²) in [5.41, 5.74) is 8.39. The van der Waals surface area contributed by atoms with Crippen LogP contribution in [0.3, 0.4) is 0 Å². The number of aryl methyl sites for hydroxylation is 1. The van der Waals surface area contributed by atoms with E-state index >= 15 is 0 Å². The Morgan fingerprint density at radius 2 is 2.06 bits per heavy atom. The Balaban J connectivity index is 2.04. The molecule has 0 aliphatic rings. The Bertz CT molecular complexity index is 482. The SMILES string of the molecule is NC(CCc1ccsc1)c1cc(Cl)ccc1Cl. The second-order valence-electron chi connectivity index (χ2n) is 3.94. The molecule has 1 unspecified atom stereocenters. The monoisotopic (exact) mass is 285 g/mol. The molecule has 90 valence electrons. The van der Waals surface area contributed by atoms with Gasteiger partial charge in [-0.2, -0.15) is 11.3 Å². The normalized spacial score (nSPS) is 12.6. The van der Waals surface area contributed by atoms with Gasteiger partial charge in [0.25, 0.3) is 0 Å². The first kappa shape index (κ1) is 12.9. The minimum Gasteiger partial charge on any atom is -0.324 e. The van der Waals surface area contributed by atoms with Crippen LogP contribution in [0.1, 0.15) is 23.6 Å². The van der Waals surface area contributed by atoms with Gasteiger partial charge in [0.2, 0.25) is 0 Å². The van der Waals surface area contributed by atoms with Crippen LogP contribution in [0.25, 0.3) is 0 Å². The van der Waals surface area contributed by atoms with Crippen LogP contribution in [-0.4, -0.2) is 0 Å². The van der Waals surface area contributed by atoms with Crippen LogP contribution in [0.4, 0.5) is 0 Å². The molecule has 17 heavy (non-hydrogen) atoms. The highest BCUT2D eigenvalue weighted by atomic mass is 35.5. The first-order valence-corrected chi connectivity index (χ1v) is 7.08. The van der Waals surface area contributed by atoms with Crippen molar-refractivity contribution < 1.29 is 0 Å². The van der Waals surface area contributed by atoms with Crippen molar-refractivity contribution in [2.45, 2.75) is 18.9 Å². The van der Waals surface area contributed by atoms with E-state index in [1.54, 1.807) is 23.5 Å². The molecule has 1 nitrogen and oxygen atoms in total. The fourth-order valence-corrected chi connectivity index (χ4v) is 2.85. The maximum atomic E-state index is 6.14. The molecule has 1 atom stereocenters. The van der Waals surface area contributed by atoms with Gasteiger partial charge in [0.15, 0.2) is 0 Å². The third-order valence-electron chi connectivity index (χ3n) is 2.68. The summed E-state index contributed by atoms with van der Waals surface area (Å²) in [7, 11) is 0. The van der Waals surface area contributed by atoms with Gasteiger partial charge < -0.3 is 5.73 Å². The molecule has 0 fully saturated rings. The van der Waals surface area contributed by atoms with Gasteiger partial charge in [0.1, 0.15) is 0 Å². The number of rotatable bonds is 4. The summed E-state index contributed by atoms with van der Waals surface area (Å²) in [4.78, 5) is 0. The number of nitrogens with two attached hydrogens (primary N) is 1. The number of hydrogen-bond acceptors (Lipinski definition) is 2. The van der Waals surface area contributed by atoms with Crippen molar-refractivity contribution in [2.75, 3.05) is 0 Å². The van der Waals surface area contributed by atoms with Crippen LogP contribution in [0.2, 0.25) is 10.0 Å². The molecule has 0 saturated carbocycles. The number of hydrogen-bond donors (Lipinski definition) is 1. The van der Waals surface area contributed by atoms with Crippen LogP contribution < -0.4 is 5.73 Å². The lowest BCUT2D eigenvalue weighted by atomic mass is 10.0. The molecule has 0 radical (unpaired) electrons. The van der Waals surface area contributed by atoms with Crippen molar-refractivity contribution in [2.24, 2.45) is 5.73 Å². The summed E-state index contributed by atoms with van der Waals surface area (Å²) in [6.45, 7) is 0. The Labute approximate surface area is 115 Å². The molecule has 2 aromatic rings. The minimum absolute atomic E-state index is 0.0684. The third kappa shape index (κ3) is 3.46. The third-order valence-corrected chi connectivity index (χ3v) is 3.99. The van der Waals surface area contributed by atoms with Crippen molar-refractivity contribution >= 4 is 34.5 Å². The fourth-order valence-electron chi connectivity index (χ4n) is 1.71. The van der Waals surface area contributed by atoms with Gasteiger partial charge in [-0.15, -0.1) is 0 Å². The largest absolute Gasteiger partial charge is 0.324 e. The lowest BCUT2D eigenvalue weighted by Crippen LogP contribution is -2.11. The predicted octanol–water partition coefficient (Wildman–Crippen LogP) is 4.69. The van der Waals surface area contributed by atoms with Crippen molar-refractivity contribution in [3.8, 4) is 0 Å². The summed E-state index contributed by atoms with van der Waals surface area (Å²) < 4.78 is 0. The van der Waals surface area contributed by atoms with Gasteiger partial charge in [-0.25, -0.2) is 0 Å². The van der Waals surface area contributed by atoms with E-state index in [0.29, 0.717) is 10.0 Å². The average molecular weight is 286 g/mol. The molecular weight excluding hydrogens is 273 g/mol. The van der Waals surface area contributed by atoms with E-state index in [1.165, 1.54) is 5.56 Å². The summed E-state index contributed by atoms with van der Waals surface area (Å²) in [6.07, 6.45) is 1.84.